The van der Waals surface area contributed by atoms with Gasteiger partial charge in [0.15, 0.2) is 11.5 Å². The molecule has 2 aromatic rings. The molecule has 1 aromatic carbocycles. The van der Waals surface area contributed by atoms with Crippen LogP contribution in [0.5, 0.6) is 11.5 Å². The van der Waals surface area contributed by atoms with Crippen molar-refractivity contribution in [1.29, 1.82) is 0 Å². The number of ether oxygens (including phenoxy) is 2. The third kappa shape index (κ3) is 3.48. The topological polar surface area (TPSA) is 68.5 Å². The fourth-order valence-electron chi connectivity index (χ4n) is 2.59. The maximum absolute atomic E-state index is 10.4. The second-order valence-corrected chi connectivity index (χ2v) is 6.06. The number of rotatable bonds is 6. The Morgan fingerprint density at radius 2 is 2.09 bits per heavy atom. The predicted octanol–water partition coefficient (Wildman–Crippen LogP) is 2.19. The molecular weight excluding hydrogens is 294 g/mol. The quantitative estimate of drug-likeness (QED) is 0.855. The van der Waals surface area contributed by atoms with E-state index in [1.165, 1.54) is 0 Å². The van der Waals surface area contributed by atoms with E-state index in [9.17, 15) is 5.11 Å². The molecule has 6 nitrogen and oxygen atoms in total. The van der Waals surface area contributed by atoms with Crippen LogP contribution in [0.1, 0.15) is 37.1 Å². The first kappa shape index (κ1) is 15.8. The van der Waals surface area contributed by atoms with Crippen LogP contribution in [0.4, 0.5) is 0 Å². The van der Waals surface area contributed by atoms with Crippen LogP contribution in [0.15, 0.2) is 30.6 Å². The van der Waals surface area contributed by atoms with E-state index in [1.807, 2.05) is 42.2 Å². The molecule has 0 saturated carbocycles. The predicted molar refractivity (Wildman–Crippen MR) is 86.7 cm³/mol. The van der Waals surface area contributed by atoms with Crippen molar-refractivity contribution in [3.05, 3.63) is 41.7 Å². The molecule has 0 saturated heterocycles. The molecule has 23 heavy (non-hydrogen) atoms. The lowest BCUT2D eigenvalue weighted by Gasteiger charge is -2.23. The first-order valence-corrected chi connectivity index (χ1v) is 7.86. The number of hydrogen-bond acceptors (Lipinski definition) is 5. The van der Waals surface area contributed by atoms with Crippen LogP contribution in [0.3, 0.4) is 0 Å². The van der Waals surface area contributed by atoms with Gasteiger partial charge in [0.1, 0.15) is 0 Å². The monoisotopic (exact) mass is 317 g/mol. The molecule has 0 aliphatic carbocycles. The normalized spacial score (nSPS) is 17.0. The average molecular weight is 317 g/mol. The van der Waals surface area contributed by atoms with Crippen molar-refractivity contribution in [2.75, 3.05) is 13.3 Å². The van der Waals surface area contributed by atoms with Gasteiger partial charge in [-0.2, -0.15) is 5.10 Å². The first-order valence-electron chi connectivity index (χ1n) is 7.86. The highest BCUT2D eigenvalue weighted by Gasteiger charge is 2.19. The average Bonchev–Trinajstić information content (AvgIpc) is 3.19. The fraction of sp³-hybridized carbons (Fsp3) is 0.471. The zero-order valence-corrected chi connectivity index (χ0v) is 13.7. The highest BCUT2D eigenvalue weighted by molar-refractivity contribution is 5.45. The number of fused-ring (bicyclic) bond motifs is 1. The summed E-state index contributed by atoms with van der Waals surface area (Å²) >= 11 is 0. The molecule has 1 aliphatic heterocycles. The summed E-state index contributed by atoms with van der Waals surface area (Å²) in [6.45, 7) is 6.93. The van der Waals surface area contributed by atoms with Gasteiger partial charge in [-0.3, -0.25) is 4.68 Å². The Bertz CT molecular complexity index is 671. The Kier molecular flexibility index (Phi) is 4.54. The number of nitrogens with one attached hydrogen (secondary N) is 1. The zero-order valence-electron chi connectivity index (χ0n) is 13.7. The van der Waals surface area contributed by atoms with Gasteiger partial charge in [-0.25, -0.2) is 0 Å². The summed E-state index contributed by atoms with van der Waals surface area (Å²) in [4.78, 5) is 0. The van der Waals surface area contributed by atoms with Crippen LogP contribution < -0.4 is 14.8 Å². The lowest BCUT2D eigenvalue weighted by atomic mass is 10.1. The van der Waals surface area contributed by atoms with E-state index in [4.69, 9.17) is 9.47 Å². The third-order valence-corrected chi connectivity index (χ3v) is 4.29. The van der Waals surface area contributed by atoms with Crippen LogP contribution in [0, 0.1) is 6.92 Å². The van der Waals surface area contributed by atoms with Crippen molar-refractivity contribution in [3.8, 4) is 11.5 Å². The lowest BCUT2D eigenvalue weighted by Crippen LogP contribution is -2.36. The number of aromatic nitrogens is 2. The van der Waals surface area contributed by atoms with Gasteiger partial charge in [0.05, 0.1) is 18.3 Å². The van der Waals surface area contributed by atoms with Gasteiger partial charge in [-0.05, 0) is 44.0 Å². The molecule has 6 heteroatoms. The smallest absolute Gasteiger partial charge is 0.231 e. The molecule has 2 heterocycles. The lowest BCUT2D eigenvalue weighted by molar-refractivity contribution is 0.164. The Morgan fingerprint density at radius 3 is 2.83 bits per heavy atom. The van der Waals surface area contributed by atoms with E-state index < -0.39 is 6.10 Å². The molecular formula is C17H23N3O3. The van der Waals surface area contributed by atoms with E-state index in [1.54, 1.807) is 0 Å². The minimum Gasteiger partial charge on any atom is -0.454 e. The Morgan fingerprint density at radius 1 is 1.30 bits per heavy atom. The van der Waals surface area contributed by atoms with Crippen molar-refractivity contribution in [1.82, 2.24) is 15.1 Å². The van der Waals surface area contributed by atoms with Crippen LogP contribution in [0.2, 0.25) is 0 Å². The number of aliphatic hydroxyl groups excluding tert-OH is 1. The number of nitrogens with zero attached hydrogens (tertiary/aromatic N) is 2. The van der Waals surface area contributed by atoms with Gasteiger partial charge < -0.3 is 19.9 Å². The number of hydrogen-bond donors (Lipinski definition) is 2. The summed E-state index contributed by atoms with van der Waals surface area (Å²) in [5.74, 6) is 1.42. The second-order valence-electron chi connectivity index (χ2n) is 6.06. The summed E-state index contributed by atoms with van der Waals surface area (Å²) in [6, 6.07) is 5.91. The minimum absolute atomic E-state index is 0.179. The van der Waals surface area contributed by atoms with E-state index in [2.05, 4.69) is 24.3 Å². The second kappa shape index (κ2) is 6.60. The molecule has 1 aromatic heterocycles. The van der Waals surface area contributed by atoms with Gasteiger partial charge in [0, 0.05) is 18.8 Å². The molecule has 3 atom stereocenters. The minimum atomic E-state index is -0.599. The standard InChI is InChI=1S/C17H23N3O3/c1-11-7-19-20(9-11)13(3)12(2)18-8-15(21)14-4-5-16-17(6-14)23-10-22-16/h4-7,9,12-13,15,18,21H,8,10H2,1-3H3/t12-,13-,15-/m1/s1. The van der Waals surface area contributed by atoms with E-state index in [0.717, 1.165) is 16.9 Å². The Labute approximate surface area is 136 Å². The van der Waals surface area contributed by atoms with Crippen LogP contribution in [-0.2, 0) is 0 Å². The van der Waals surface area contributed by atoms with Gasteiger partial charge in [-0.1, -0.05) is 6.07 Å². The summed E-state index contributed by atoms with van der Waals surface area (Å²) in [7, 11) is 0. The number of aliphatic hydroxyl groups is 1. The van der Waals surface area contributed by atoms with Crippen LogP contribution in [0.25, 0.3) is 0 Å². The molecule has 0 spiro atoms. The van der Waals surface area contributed by atoms with Gasteiger partial charge in [0.25, 0.3) is 0 Å². The highest BCUT2D eigenvalue weighted by atomic mass is 16.7. The maximum atomic E-state index is 10.4. The summed E-state index contributed by atoms with van der Waals surface area (Å²) in [5.41, 5.74) is 1.96. The molecule has 2 N–H and O–H groups in total. The molecule has 0 fully saturated rings. The highest BCUT2D eigenvalue weighted by Crippen LogP contribution is 2.34. The summed E-state index contributed by atoms with van der Waals surface area (Å²) in [5, 5.41) is 18.1. The van der Waals surface area contributed by atoms with Crippen LogP contribution in [-0.4, -0.2) is 34.3 Å². The number of aryl methyl sites for hydroxylation is 1. The fourth-order valence-corrected chi connectivity index (χ4v) is 2.59. The van der Waals surface area contributed by atoms with Crippen molar-refractivity contribution in [2.45, 2.75) is 39.0 Å². The largest absolute Gasteiger partial charge is 0.454 e. The molecule has 124 valence electrons. The zero-order chi connectivity index (χ0) is 16.4. The molecule has 0 amide bonds. The molecule has 1 aliphatic rings. The molecule has 0 unspecified atom stereocenters. The van der Waals surface area contributed by atoms with E-state index >= 15 is 0 Å². The van der Waals surface area contributed by atoms with Crippen molar-refractivity contribution in [2.24, 2.45) is 0 Å². The summed E-state index contributed by atoms with van der Waals surface area (Å²) in [6.07, 6.45) is 3.28. The number of benzene rings is 1. The molecule has 0 bridgehead atoms. The Hall–Kier alpha value is -2.05. The SMILES string of the molecule is Cc1cnn([C@H](C)[C@@H](C)NC[C@@H](O)c2ccc3c(c2)OCO3)c1. The Balaban J connectivity index is 1.57. The third-order valence-electron chi connectivity index (χ3n) is 4.29. The van der Waals surface area contributed by atoms with E-state index in [0.29, 0.717) is 12.3 Å². The van der Waals surface area contributed by atoms with Gasteiger partial charge >= 0.3 is 0 Å². The molecule has 0 radical (unpaired) electrons. The van der Waals surface area contributed by atoms with Gasteiger partial charge in [-0.15, -0.1) is 0 Å². The van der Waals surface area contributed by atoms with Gasteiger partial charge in [0.2, 0.25) is 6.79 Å². The van der Waals surface area contributed by atoms with Crippen molar-refractivity contribution >= 4 is 0 Å². The van der Waals surface area contributed by atoms with Crippen molar-refractivity contribution < 1.29 is 14.6 Å². The van der Waals surface area contributed by atoms with Crippen LogP contribution >= 0.6 is 0 Å². The first-order chi connectivity index (χ1) is 11.0. The maximum Gasteiger partial charge on any atom is 0.231 e. The molecule has 3 rings (SSSR count). The summed E-state index contributed by atoms with van der Waals surface area (Å²) < 4.78 is 12.6. The van der Waals surface area contributed by atoms with E-state index in [-0.39, 0.29) is 18.9 Å². The van der Waals surface area contributed by atoms with Crippen molar-refractivity contribution in [3.63, 3.8) is 0 Å².